The second kappa shape index (κ2) is 5.18. The first-order valence-corrected chi connectivity index (χ1v) is 5.76. The predicted molar refractivity (Wildman–Crippen MR) is 67.5 cm³/mol. The molecule has 0 unspecified atom stereocenters. The number of anilines is 2. The molecule has 2 heterocycles. The number of amides is 1. The van der Waals surface area contributed by atoms with E-state index in [1.807, 2.05) is 14.1 Å². The first-order chi connectivity index (χ1) is 8.59. The molecule has 0 spiro atoms. The molecule has 1 aromatic heterocycles. The highest BCUT2D eigenvalue weighted by Gasteiger charge is 2.21. The van der Waals surface area contributed by atoms with Gasteiger partial charge in [-0.3, -0.25) is 4.79 Å². The molecule has 18 heavy (non-hydrogen) atoms. The van der Waals surface area contributed by atoms with Crippen molar-refractivity contribution < 1.29 is 9.53 Å². The summed E-state index contributed by atoms with van der Waals surface area (Å²) in [5, 5.41) is 0. The lowest BCUT2D eigenvalue weighted by atomic mass is 10.2. The third-order valence-electron chi connectivity index (χ3n) is 2.73. The highest BCUT2D eigenvalue weighted by molar-refractivity contribution is 5.98. The fourth-order valence-corrected chi connectivity index (χ4v) is 1.70. The van der Waals surface area contributed by atoms with Gasteiger partial charge in [-0.15, -0.1) is 0 Å². The number of hydrogen-bond acceptors (Lipinski definition) is 6. The lowest BCUT2D eigenvalue weighted by Crippen LogP contribution is -2.41. The van der Waals surface area contributed by atoms with Crippen LogP contribution in [0.2, 0.25) is 0 Å². The smallest absolute Gasteiger partial charge is 0.259 e. The second-order valence-electron chi connectivity index (χ2n) is 4.27. The number of nitrogens with two attached hydrogens (primary N) is 1. The number of ether oxygens (including phenoxy) is 1. The summed E-state index contributed by atoms with van der Waals surface area (Å²) in [7, 11) is 3.64. The highest BCUT2D eigenvalue weighted by Crippen LogP contribution is 2.15. The summed E-state index contributed by atoms with van der Waals surface area (Å²) < 4.78 is 5.20. The normalized spacial score (nSPS) is 15.6. The Morgan fingerprint density at radius 3 is 2.67 bits per heavy atom. The maximum Gasteiger partial charge on any atom is 0.259 e. The van der Waals surface area contributed by atoms with E-state index in [1.165, 1.54) is 6.20 Å². The van der Waals surface area contributed by atoms with Crippen LogP contribution in [0.3, 0.4) is 0 Å². The van der Waals surface area contributed by atoms with Crippen molar-refractivity contribution in [2.24, 2.45) is 0 Å². The van der Waals surface area contributed by atoms with Crippen molar-refractivity contribution in [1.29, 1.82) is 0 Å². The van der Waals surface area contributed by atoms with Crippen LogP contribution in [0.15, 0.2) is 6.20 Å². The van der Waals surface area contributed by atoms with E-state index in [0.29, 0.717) is 37.8 Å². The molecule has 1 saturated heterocycles. The van der Waals surface area contributed by atoms with E-state index in [1.54, 1.807) is 9.80 Å². The van der Waals surface area contributed by atoms with E-state index in [-0.39, 0.29) is 11.7 Å². The Labute approximate surface area is 106 Å². The van der Waals surface area contributed by atoms with Gasteiger partial charge in [0.25, 0.3) is 5.91 Å². The van der Waals surface area contributed by atoms with Gasteiger partial charge in [0, 0.05) is 33.4 Å². The molecular weight excluding hydrogens is 234 g/mol. The van der Waals surface area contributed by atoms with Crippen LogP contribution in [0.25, 0.3) is 0 Å². The molecule has 0 saturated carbocycles. The molecule has 98 valence electrons. The summed E-state index contributed by atoms with van der Waals surface area (Å²) in [6.45, 7) is 2.27. The molecule has 7 heteroatoms. The maximum absolute atomic E-state index is 12.2. The van der Waals surface area contributed by atoms with Gasteiger partial charge in [-0.05, 0) is 0 Å². The highest BCUT2D eigenvalue weighted by atomic mass is 16.5. The summed E-state index contributed by atoms with van der Waals surface area (Å²) in [6, 6.07) is 0. The molecule has 2 N–H and O–H groups in total. The van der Waals surface area contributed by atoms with E-state index in [2.05, 4.69) is 9.97 Å². The third-order valence-corrected chi connectivity index (χ3v) is 2.73. The van der Waals surface area contributed by atoms with Gasteiger partial charge in [0.1, 0.15) is 11.4 Å². The number of hydrogen-bond donors (Lipinski definition) is 1. The summed E-state index contributed by atoms with van der Waals surface area (Å²) in [4.78, 5) is 23.8. The molecule has 1 aromatic rings. The van der Waals surface area contributed by atoms with Crippen molar-refractivity contribution in [3.8, 4) is 0 Å². The van der Waals surface area contributed by atoms with Gasteiger partial charge in [-0.25, -0.2) is 4.98 Å². The molecule has 1 aliphatic rings. The molecule has 0 bridgehead atoms. The van der Waals surface area contributed by atoms with Crippen molar-refractivity contribution in [2.45, 2.75) is 0 Å². The SMILES string of the molecule is CN(C)c1ncc(C(=O)N2CCOCC2)c(N)n1. The predicted octanol–water partition coefficient (Wildman–Crippen LogP) is -0.403. The van der Waals surface area contributed by atoms with E-state index < -0.39 is 0 Å². The van der Waals surface area contributed by atoms with Crippen molar-refractivity contribution >= 4 is 17.7 Å². The second-order valence-corrected chi connectivity index (χ2v) is 4.27. The minimum Gasteiger partial charge on any atom is -0.383 e. The van der Waals surface area contributed by atoms with Crippen LogP contribution >= 0.6 is 0 Å². The van der Waals surface area contributed by atoms with Gasteiger partial charge in [-0.1, -0.05) is 0 Å². The van der Waals surface area contributed by atoms with Crippen LogP contribution in [0.5, 0.6) is 0 Å². The Balaban J connectivity index is 2.19. The van der Waals surface area contributed by atoms with Crippen LogP contribution in [0.4, 0.5) is 11.8 Å². The van der Waals surface area contributed by atoms with Crippen molar-refractivity contribution in [1.82, 2.24) is 14.9 Å². The molecular formula is C11H17N5O2. The standard InChI is InChI=1S/C11H17N5O2/c1-15(2)11-13-7-8(9(12)14-11)10(17)16-3-5-18-6-4-16/h7H,3-6H2,1-2H3,(H2,12,13,14). The summed E-state index contributed by atoms with van der Waals surface area (Å²) in [6.07, 6.45) is 1.48. The zero-order valence-corrected chi connectivity index (χ0v) is 10.6. The molecule has 0 radical (unpaired) electrons. The average molecular weight is 251 g/mol. The quantitative estimate of drug-likeness (QED) is 0.769. The number of carbonyl (C=O) groups is 1. The first-order valence-electron chi connectivity index (χ1n) is 5.76. The van der Waals surface area contributed by atoms with Gasteiger partial charge >= 0.3 is 0 Å². The van der Waals surface area contributed by atoms with Crippen LogP contribution < -0.4 is 10.6 Å². The fraction of sp³-hybridized carbons (Fsp3) is 0.545. The largest absolute Gasteiger partial charge is 0.383 e. The molecule has 1 amide bonds. The Hall–Kier alpha value is -1.89. The maximum atomic E-state index is 12.2. The average Bonchev–Trinajstić information content (AvgIpc) is 2.38. The number of carbonyl (C=O) groups excluding carboxylic acids is 1. The van der Waals surface area contributed by atoms with Gasteiger partial charge in [0.2, 0.25) is 5.95 Å². The van der Waals surface area contributed by atoms with E-state index in [9.17, 15) is 4.79 Å². The molecule has 0 aromatic carbocycles. The van der Waals surface area contributed by atoms with Gasteiger partial charge in [0.15, 0.2) is 0 Å². The van der Waals surface area contributed by atoms with Gasteiger partial charge in [0.05, 0.1) is 13.2 Å². The zero-order chi connectivity index (χ0) is 13.1. The molecule has 0 aliphatic carbocycles. The summed E-state index contributed by atoms with van der Waals surface area (Å²) in [5.74, 6) is 0.567. The van der Waals surface area contributed by atoms with E-state index in [4.69, 9.17) is 10.5 Å². The van der Waals surface area contributed by atoms with Crippen LogP contribution in [-0.4, -0.2) is 61.2 Å². The number of nitrogens with zero attached hydrogens (tertiary/aromatic N) is 4. The van der Waals surface area contributed by atoms with Crippen LogP contribution in [0, 0.1) is 0 Å². The monoisotopic (exact) mass is 251 g/mol. The van der Waals surface area contributed by atoms with Crippen molar-refractivity contribution in [3.05, 3.63) is 11.8 Å². The number of nitrogen functional groups attached to an aromatic ring is 1. The lowest BCUT2D eigenvalue weighted by Gasteiger charge is -2.27. The topological polar surface area (TPSA) is 84.6 Å². The minimum atomic E-state index is -0.138. The van der Waals surface area contributed by atoms with E-state index >= 15 is 0 Å². The first kappa shape index (κ1) is 12.6. The van der Waals surface area contributed by atoms with E-state index in [0.717, 1.165) is 0 Å². The Bertz CT molecular complexity index is 443. The van der Waals surface area contributed by atoms with Crippen LogP contribution in [0.1, 0.15) is 10.4 Å². The summed E-state index contributed by atoms with van der Waals surface area (Å²) >= 11 is 0. The summed E-state index contributed by atoms with van der Waals surface area (Å²) in [5.41, 5.74) is 6.16. The molecule has 0 atom stereocenters. The fourth-order valence-electron chi connectivity index (χ4n) is 1.70. The molecule has 7 nitrogen and oxygen atoms in total. The number of aromatic nitrogens is 2. The molecule has 1 fully saturated rings. The molecule has 2 rings (SSSR count). The Morgan fingerprint density at radius 2 is 2.11 bits per heavy atom. The Kier molecular flexibility index (Phi) is 3.61. The van der Waals surface area contributed by atoms with Gasteiger partial charge < -0.3 is 20.3 Å². The van der Waals surface area contributed by atoms with Crippen LogP contribution in [-0.2, 0) is 4.74 Å². The van der Waals surface area contributed by atoms with Gasteiger partial charge in [-0.2, -0.15) is 4.98 Å². The molecule has 1 aliphatic heterocycles. The van der Waals surface area contributed by atoms with Crippen molar-refractivity contribution in [3.63, 3.8) is 0 Å². The minimum absolute atomic E-state index is 0.138. The number of morpholine rings is 1. The third kappa shape index (κ3) is 2.51. The number of rotatable bonds is 2. The van der Waals surface area contributed by atoms with Crippen molar-refractivity contribution in [2.75, 3.05) is 51.0 Å². The zero-order valence-electron chi connectivity index (χ0n) is 10.6. The lowest BCUT2D eigenvalue weighted by molar-refractivity contribution is 0.0303. The Morgan fingerprint density at radius 1 is 1.44 bits per heavy atom.